The maximum absolute atomic E-state index is 12.7. The van der Waals surface area contributed by atoms with E-state index in [1.54, 1.807) is 12.3 Å². The van der Waals surface area contributed by atoms with Crippen molar-refractivity contribution in [2.75, 3.05) is 23.3 Å². The number of aromatic nitrogens is 2. The summed E-state index contributed by atoms with van der Waals surface area (Å²) in [7, 11) is 0. The van der Waals surface area contributed by atoms with Crippen molar-refractivity contribution in [3.05, 3.63) is 88.3 Å². The van der Waals surface area contributed by atoms with Crippen molar-refractivity contribution in [2.24, 2.45) is 5.92 Å². The number of nitrogens with zero attached hydrogens (tertiary/aromatic N) is 3. The monoisotopic (exact) mass is 402 g/mol. The Labute approximate surface area is 176 Å². The highest BCUT2D eigenvalue weighted by molar-refractivity contribution is 5.93. The summed E-state index contributed by atoms with van der Waals surface area (Å²) in [4.78, 5) is 27.4. The number of rotatable bonds is 5. The summed E-state index contributed by atoms with van der Waals surface area (Å²) >= 11 is 0. The fourth-order valence-electron chi connectivity index (χ4n) is 3.78. The first-order valence-corrected chi connectivity index (χ1v) is 10.3. The van der Waals surface area contributed by atoms with Crippen LogP contribution in [0.25, 0.3) is 0 Å². The minimum absolute atomic E-state index is 0.0222. The zero-order valence-electron chi connectivity index (χ0n) is 17.1. The first-order chi connectivity index (χ1) is 14.6. The maximum Gasteiger partial charge on any atom is 0.269 e. The molecule has 1 atom stereocenters. The summed E-state index contributed by atoms with van der Waals surface area (Å²) in [5, 5.41) is 7.37. The van der Waals surface area contributed by atoms with Crippen LogP contribution in [-0.4, -0.2) is 28.8 Å². The highest BCUT2D eigenvalue weighted by Gasteiger charge is 2.26. The van der Waals surface area contributed by atoms with Crippen molar-refractivity contribution in [1.29, 1.82) is 0 Å². The van der Waals surface area contributed by atoms with Crippen molar-refractivity contribution in [3.8, 4) is 0 Å². The number of anilines is 2. The van der Waals surface area contributed by atoms with Gasteiger partial charge in [-0.3, -0.25) is 9.59 Å². The molecule has 3 aromatic rings. The Hall–Kier alpha value is -3.41. The largest absolute Gasteiger partial charge is 0.369 e. The van der Waals surface area contributed by atoms with Gasteiger partial charge in [-0.2, -0.15) is 5.10 Å². The van der Waals surface area contributed by atoms with Crippen LogP contribution in [0.15, 0.2) is 71.7 Å². The van der Waals surface area contributed by atoms with Crippen LogP contribution in [0.3, 0.4) is 0 Å². The normalized spacial score (nSPS) is 16.3. The van der Waals surface area contributed by atoms with E-state index in [0.717, 1.165) is 41.9 Å². The van der Waals surface area contributed by atoms with E-state index in [1.165, 1.54) is 4.68 Å². The van der Waals surface area contributed by atoms with Crippen LogP contribution in [0, 0.1) is 12.8 Å². The highest BCUT2D eigenvalue weighted by atomic mass is 16.2. The third-order valence-electron chi connectivity index (χ3n) is 5.51. The first kappa shape index (κ1) is 19.9. The quantitative estimate of drug-likeness (QED) is 0.710. The van der Waals surface area contributed by atoms with Gasteiger partial charge in [0.1, 0.15) is 0 Å². The molecule has 2 heterocycles. The molecule has 0 unspecified atom stereocenters. The topological polar surface area (TPSA) is 67.2 Å². The number of aryl methyl sites for hydroxylation is 1. The average Bonchev–Trinajstić information content (AvgIpc) is 2.77. The third-order valence-corrected chi connectivity index (χ3v) is 5.51. The Bertz CT molecular complexity index is 1060. The molecule has 1 amide bonds. The Kier molecular flexibility index (Phi) is 5.93. The predicted molar refractivity (Wildman–Crippen MR) is 119 cm³/mol. The lowest BCUT2D eigenvalue weighted by Gasteiger charge is -2.33. The lowest BCUT2D eigenvalue weighted by atomic mass is 9.96. The molecule has 0 bridgehead atoms. The third kappa shape index (κ3) is 4.76. The summed E-state index contributed by atoms with van der Waals surface area (Å²) in [5.74, 6) is -0.0965. The molecule has 6 nitrogen and oxygen atoms in total. The van der Waals surface area contributed by atoms with Crippen LogP contribution in [0.4, 0.5) is 11.4 Å². The smallest absolute Gasteiger partial charge is 0.269 e. The Morgan fingerprint density at radius 3 is 2.63 bits per heavy atom. The van der Waals surface area contributed by atoms with Crippen LogP contribution in [0.2, 0.25) is 0 Å². The van der Waals surface area contributed by atoms with Gasteiger partial charge < -0.3 is 10.2 Å². The fraction of sp³-hybridized carbons (Fsp3) is 0.292. The Balaban J connectivity index is 1.42. The highest BCUT2D eigenvalue weighted by Crippen LogP contribution is 2.23. The Morgan fingerprint density at radius 1 is 1.13 bits per heavy atom. The molecule has 0 aliphatic carbocycles. The molecule has 2 aromatic carbocycles. The van der Waals surface area contributed by atoms with Crippen molar-refractivity contribution in [3.63, 3.8) is 0 Å². The standard InChI is InChI=1S/C24H26N4O2/c1-18-9-11-21(12-10-18)26-24(30)20-8-5-13-27(17-20)22-14-23(29)28(25-15-22)16-19-6-3-2-4-7-19/h2-4,6-7,9-12,14-15,20H,5,8,13,16-17H2,1H3,(H,26,30)/t20-/m1/s1. The second-order valence-electron chi connectivity index (χ2n) is 7.84. The van der Waals surface area contributed by atoms with E-state index in [4.69, 9.17) is 0 Å². The van der Waals surface area contributed by atoms with Gasteiger partial charge in [0.15, 0.2) is 0 Å². The number of hydrogen-bond donors (Lipinski definition) is 1. The Morgan fingerprint density at radius 2 is 1.90 bits per heavy atom. The van der Waals surface area contributed by atoms with E-state index in [0.29, 0.717) is 13.1 Å². The molecule has 4 rings (SSSR count). The lowest BCUT2D eigenvalue weighted by molar-refractivity contribution is -0.120. The molecule has 6 heteroatoms. The van der Waals surface area contributed by atoms with Gasteiger partial charge in [0.2, 0.25) is 5.91 Å². The average molecular weight is 402 g/mol. The minimum atomic E-state index is -0.136. The van der Waals surface area contributed by atoms with Crippen molar-refractivity contribution in [1.82, 2.24) is 9.78 Å². The predicted octanol–water partition coefficient (Wildman–Crippen LogP) is 3.46. The van der Waals surface area contributed by atoms with Gasteiger partial charge in [-0.25, -0.2) is 4.68 Å². The molecule has 1 aromatic heterocycles. The number of carbonyl (C=O) groups excluding carboxylic acids is 1. The van der Waals surface area contributed by atoms with E-state index in [2.05, 4.69) is 15.3 Å². The summed E-state index contributed by atoms with van der Waals surface area (Å²) in [6, 6.07) is 19.2. The van der Waals surface area contributed by atoms with Crippen LogP contribution in [0.1, 0.15) is 24.0 Å². The molecule has 1 fully saturated rings. The molecule has 0 radical (unpaired) electrons. The van der Waals surface area contributed by atoms with Gasteiger partial charge in [0.05, 0.1) is 24.3 Å². The van der Waals surface area contributed by atoms with Crippen LogP contribution < -0.4 is 15.8 Å². The van der Waals surface area contributed by atoms with Crippen LogP contribution in [0.5, 0.6) is 0 Å². The fourth-order valence-corrected chi connectivity index (χ4v) is 3.78. The molecule has 1 saturated heterocycles. The van der Waals surface area contributed by atoms with Gasteiger partial charge in [-0.15, -0.1) is 0 Å². The van der Waals surface area contributed by atoms with Gasteiger partial charge >= 0.3 is 0 Å². The number of amides is 1. The number of hydrogen-bond acceptors (Lipinski definition) is 4. The second-order valence-corrected chi connectivity index (χ2v) is 7.84. The molecule has 30 heavy (non-hydrogen) atoms. The van der Waals surface area contributed by atoms with E-state index in [-0.39, 0.29) is 17.4 Å². The summed E-state index contributed by atoms with van der Waals surface area (Å²) in [5.41, 5.74) is 3.64. The lowest BCUT2D eigenvalue weighted by Crippen LogP contribution is -2.41. The van der Waals surface area contributed by atoms with Crippen molar-refractivity contribution in [2.45, 2.75) is 26.3 Å². The van der Waals surface area contributed by atoms with Gasteiger partial charge in [0, 0.05) is 24.8 Å². The SMILES string of the molecule is Cc1ccc(NC(=O)[C@@H]2CCCN(c3cnn(Cc4ccccc4)c(=O)c3)C2)cc1. The van der Waals surface area contributed by atoms with E-state index < -0.39 is 0 Å². The maximum atomic E-state index is 12.7. The molecular weight excluding hydrogens is 376 g/mol. The zero-order valence-corrected chi connectivity index (χ0v) is 17.1. The summed E-state index contributed by atoms with van der Waals surface area (Å²) in [6.45, 7) is 3.87. The molecule has 0 spiro atoms. The van der Waals surface area contributed by atoms with Crippen LogP contribution >= 0.6 is 0 Å². The number of benzene rings is 2. The molecule has 1 N–H and O–H groups in total. The summed E-state index contributed by atoms with van der Waals surface area (Å²) < 4.78 is 1.46. The summed E-state index contributed by atoms with van der Waals surface area (Å²) in [6.07, 6.45) is 3.47. The number of nitrogens with one attached hydrogen (secondary N) is 1. The molecule has 1 aliphatic heterocycles. The number of carbonyl (C=O) groups is 1. The van der Waals surface area contributed by atoms with Gasteiger partial charge in [-0.05, 0) is 37.5 Å². The molecule has 154 valence electrons. The molecular formula is C24H26N4O2. The second kappa shape index (κ2) is 8.95. The van der Waals surface area contributed by atoms with Gasteiger partial charge in [-0.1, -0.05) is 48.0 Å². The van der Waals surface area contributed by atoms with Crippen molar-refractivity contribution >= 4 is 17.3 Å². The zero-order chi connectivity index (χ0) is 20.9. The minimum Gasteiger partial charge on any atom is -0.369 e. The van der Waals surface area contributed by atoms with Gasteiger partial charge in [0.25, 0.3) is 5.56 Å². The number of piperidine rings is 1. The molecule has 0 saturated carbocycles. The first-order valence-electron chi connectivity index (χ1n) is 10.3. The van der Waals surface area contributed by atoms with E-state index in [9.17, 15) is 9.59 Å². The van der Waals surface area contributed by atoms with Crippen LogP contribution in [-0.2, 0) is 11.3 Å². The van der Waals surface area contributed by atoms with E-state index in [1.807, 2.05) is 61.5 Å². The van der Waals surface area contributed by atoms with Crippen molar-refractivity contribution < 1.29 is 4.79 Å². The van der Waals surface area contributed by atoms with E-state index >= 15 is 0 Å². The molecule has 1 aliphatic rings.